The summed E-state index contributed by atoms with van der Waals surface area (Å²) in [5.74, 6) is -0.776. The van der Waals surface area contributed by atoms with E-state index in [1.165, 1.54) is 17.7 Å². The monoisotopic (exact) mass is 456 g/mol. The van der Waals surface area contributed by atoms with Gasteiger partial charge in [0.05, 0.1) is 17.7 Å². The molecular formula is C26H30F2N2O3. The lowest BCUT2D eigenvalue weighted by Crippen LogP contribution is -2.48. The molecule has 0 saturated carbocycles. The predicted molar refractivity (Wildman–Crippen MR) is 123 cm³/mol. The van der Waals surface area contributed by atoms with E-state index in [9.17, 15) is 18.7 Å². The van der Waals surface area contributed by atoms with E-state index in [4.69, 9.17) is 4.42 Å². The van der Waals surface area contributed by atoms with Gasteiger partial charge in [0.15, 0.2) is 0 Å². The van der Waals surface area contributed by atoms with Crippen molar-refractivity contribution in [2.75, 3.05) is 6.54 Å². The van der Waals surface area contributed by atoms with Gasteiger partial charge in [0, 0.05) is 19.2 Å². The van der Waals surface area contributed by atoms with Gasteiger partial charge in [-0.15, -0.1) is 0 Å². The van der Waals surface area contributed by atoms with Gasteiger partial charge in [0.2, 0.25) is 0 Å². The smallest absolute Gasteiger partial charge is 0.255 e. The summed E-state index contributed by atoms with van der Waals surface area (Å²) in [6, 6.07) is 12.2. The molecule has 0 aliphatic heterocycles. The zero-order valence-corrected chi connectivity index (χ0v) is 19.1. The highest BCUT2D eigenvalue weighted by Crippen LogP contribution is 2.16. The molecule has 0 aliphatic carbocycles. The Morgan fingerprint density at radius 1 is 1.03 bits per heavy atom. The molecule has 7 heteroatoms. The van der Waals surface area contributed by atoms with Crippen molar-refractivity contribution in [1.82, 2.24) is 10.6 Å². The van der Waals surface area contributed by atoms with Crippen LogP contribution in [0, 0.1) is 25.5 Å². The molecule has 33 heavy (non-hydrogen) atoms. The quantitative estimate of drug-likeness (QED) is 0.427. The number of amides is 1. The molecule has 0 bridgehead atoms. The van der Waals surface area contributed by atoms with Crippen molar-refractivity contribution >= 4 is 5.91 Å². The van der Waals surface area contributed by atoms with Crippen LogP contribution in [-0.2, 0) is 19.4 Å². The van der Waals surface area contributed by atoms with Gasteiger partial charge in [-0.1, -0.05) is 31.2 Å². The lowest BCUT2D eigenvalue weighted by atomic mass is 10.00. The van der Waals surface area contributed by atoms with Crippen LogP contribution in [0.25, 0.3) is 0 Å². The molecule has 0 radical (unpaired) electrons. The molecule has 0 unspecified atom stereocenters. The minimum atomic E-state index is -0.997. The summed E-state index contributed by atoms with van der Waals surface area (Å²) in [4.78, 5) is 12.8. The lowest BCUT2D eigenvalue weighted by molar-refractivity contribution is 0.0828. The molecule has 2 aromatic carbocycles. The zero-order valence-electron chi connectivity index (χ0n) is 19.1. The number of hydrogen-bond donors (Lipinski definition) is 3. The van der Waals surface area contributed by atoms with Crippen molar-refractivity contribution < 1.29 is 23.1 Å². The number of aliphatic hydroxyl groups excluding tert-OH is 1. The summed E-state index contributed by atoms with van der Waals surface area (Å²) in [5.41, 5.74) is 3.00. The Hall–Kier alpha value is -3.03. The number of hydrogen-bond acceptors (Lipinski definition) is 4. The molecule has 2 atom stereocenters. The van der Waals surface area contributed by atoms with Crippen LogP contribution in [0.15, 0.2) is 52.9 Å². The van der Waals surface area contributed by atoms with Crippen LogP contribution < -0.4 is 10.6 Å². The number of halogens is 2. The maximum atomic E-state index is 13.7. The predicted octanol–water partition coefficient (Wildman–Crippen LogP) is 4.23. The highest BCUT2D eigenvalue weighted by atomic mass is 19.1. The Morgan fingerprint density at radius 3 is 2.36 bits per heavy atom. The first kappa shape index (κ1) is 24.6. The minimum Gasteiger partial charge on any atom is -0.466 e. The summed E-state index contributed by atoms with van der Waals surface area (Å²) >= 11 is 0. The number of carbonyl (C=O) groups is 1. The van der Waals surface area contributed by atoms with Crippen molar-refractivity contribution in [3.05, 3.63) is 93.9 Å². The third-order valence-electron chi connectivity index (χ3n) is 5.53. The number of rotatable bonds is 10. The van der Waals surface area contributed by atoms with Gasteiger partial charge < -0.3 is 20.2 Å². The Balaban J connectivity index is 1.71. The van der Waals surface area contributed by atoms with Crippen LogP contribution in [0.1, 0.15) is 45.5 Å². The van der Waals surface area contributed by atoms with Gasteiger partial charge in [-0.3, -0.25) is 4.79 Å². The molecule has 0 aliphatic rings. The molecule has 3 N–H and O–H groups in total. The second kappa shape index (κ2) is 11.2. The summed E-state index contributed by atoms with van der Waals surface area (Å²) in [6.45, 7) is 6.23. The van der Waals surface area contributed by atoms with E-state index in [1.807, 2.05) is 12.1 Å². The average Bonchev–Trinajstić information content (AvgIpc) is 3.10. The Kier molecular flexibility index (Phi) is 8.36. The maximum Gasteiger partial charge on any atom is 0.255 e. The highest BCUT2D eigenvalue weighted by Gasteiger charge is 2.24. The second-order valence-corrected chi connectivity index (χ2v) is 8.26. The molecule has 1 heterocycles. The van der Waals surface area contributed by atoms with Crippen molar-refractivity contribution in [3.8, 4) is 0 Å². The molecule has 1 aromatic heterocycles. The van der Waals surface area contributed by atoms with Gasteiger partial charge in [0.1, 0.15) is 23.2 Å². The van der Waals surface area contributed by atoms with Crippen molar-refractivity contribution in [1.29, 1.82) is 0 Å². The largest absolute Gasteiger partial charge is 0.466 e. The highest BCUT2D eigenvalue weighted by molar-refractivity contribution is 5.95. The fraction of sp³-hybridized carbons (Fsp3) is 0.346. The molecule has 3 aromatic rings. The number of furan rings is 1. The van der Waals surface area contributed by atoms with Crippen LogP contribution >= 0.6 is 0 Å². The standard InChI is InChI=1S/C26H30F2N2O3/c1-4-18-6-5-7-19(9-18)14-29-15-25(31)24(12-20-10-21(27)13-22(28)11-20)30-26(32)23-8-16(2)33-17(23)3/h5-11,13,24-25,29,31H,4,12,14-15H2,1-3H3,(H,30,32)/t24-,25+/m0/s1. The third-order valence-corrected chi connectivity index (χ3v) is 5.53. The average molecular weight is 457 g/mol. The molecule has 176 valence electrons. The summed E-state index contributed by atoms with van der Waals surface area (Å²) in [6.07, 6.45) is -0.00508. The molecule has 0 spiro atoms. The number of carbonyl (C=O) groups excluding carboxylic acids is 1. The van der Waals surface area contributed by atoms with E-state index in [1.54, 1.807) is 19.9 Å². The summed E-state index contributed by atoms with van der Waals surface area (Å²) in [7, 11) is 0. The third kappa shape index (κ3) is 6.97. The van der Waals surface area contributed by atoms with Gasteiger partial charge in [-0.05, 0) is 61.6 Å². The van der Waals surface area contributed by atoms with Gasteiger partial charge >= 0.3 is 0 Å². The SMILES string of the molecule is CCc1cccc(CNC[C@@H](O)[C@H](Cc2cc(F)cc(F)c2)NC(=O)c2cc(C)oc2C)c1. The fourth-order valence-corrected chi connectivity index (χ4v) is 3.83. The van der Waals surface area contributed by atoms with Crippen molar-refractivity contribution in [2.45, 2.75) is 52.3 Å². The number of benzene rings is 2. The van der Waals surface area contributed by atoms with E-state index in [2.05, 4.69) is 29.7 Å². The normalized spacial score (nSPS) is 13.0. The molecule has 1 amide bonds. The fourth-order valence-electron chi connectivity index (χ4n) is 3.83. The topological polar surface area (TPSA) is 74.5 Å². The van der Waals surface area contributed by atoms with Gasteiger partial charge in [0.25, 0.3) is 5.91 Å². The van der Waals surface area contributed by atoms with Crippen LogP contribution in [0.2, 0.25) is 0 Å². The molecule has 5 nitrogen and oxygen atoms in total. The second-order valence-electron chi connectivity index (χ2n) is 8.26. The van der Waals surface area contributed by atoms with Crippen molar-refractivity contribution in [3.63, 3.8) is 0 Å². The van der Waals surface area contributed by atoms with Crippen LogP contribution in [-0.4, -0.2) is 29.7 Å². The number of nitrogens with one attached hydrogen (secondary N) is 2. The maximum absolute atomic E-state index is 13.7. The van der Waals surface area contributed by atoms with E-state index >= 15 is 0 Å². The molecule has 3 rings (SSSR count). The van der Waals surface area contributed by atoms with Gasteiger partial charge in [-0.25, -0.2) is 8.78 Å². The minimum absolute atomic E-state index is 0.0600. The Bertz CT molecular complexity index is 1080. The molecule has 0 saturated heterocycles. The number of aryl methyl sites for hydroxylation is 3. The van der Waals surface area contributed by atoms with E-state index in [0.717, 1.165) is 18.1 Å². The summed E-state index contributed by atoms with van der Waals surface area (Å²) in [5, 5.41) is 16.9. The first-order chi connectivity index (χ1) is 15.7. The number of aliphatic hydroxyl groups is 1. The first-order valence-corrected chi connectivity index (χ1v) is 11.0. The van der Waals surface area contributed by atoms with E-state index < -0.39 is 29.7 Å². The first-order valence-electron chi connectivity index (χ1n) is 11.0. The van der Waals surface area contributed by atoms with E-state index in [0.29, 0.717) is 29.2 Å². The molecule has 0 fully saturated rings. The Labute approximate surface area is 192 Å². The van der Waals surface area contributed by atoms with Gasteiger partial charge in [-0.2, -0.15) is 0 Å². The Morgan fingerprint density at radius 2 is 1.73 bits per heavy atom. The van der Waals surface area contributed by atoms with Crippen LogP contribution in [0.4, 0.5) is 8.78 Å². The summed E-state index contributed by atoms with van der Waals surface area (Å²) < 4.78 is 32.8. The lowest BCUT2D eigenvalue weighted by Gasteiger charge is -2.25. The van der Waals surface area contributed by atoms with Crippen LogP contribution in [0.5, 0.6) is 0 Å². The zero-order chi connectivity index (χ0) is 24.0. The van der Waals surface area contributed by atoms with E-state index in [-0.39, 0.29) is 13.0 Å². The van der Waals surface area contributed by atoms with Crippen molar-refractivity contribution in [2.24, 2.45) is 0 Å². The molecular weight excluding hydrogens is 426 g/mol. The van der Waals surface area contributed by atoms with Crippen LogP contribution in [0.3, 0.4) is 0 Å².